The fourth-order valence-corrected chi connectivity index (χ4v) is 3.51. The summed E-state index contributed by atoms with van der Waals surface area (Å²) in [6.07, 6.45) is 2.37. The molecule has 5 rings (SSSR count). The first-order chi connectivity index (χ1) is 12.3. The van der Waals surface area contributed by atoms with Crippen LogP contribution in [0.1, 0.15) is 12.8 Å². The Kier molecular flexibility index (Phi) is 3.16. The van der Waals surface area contributed by atoms with Gasteiger partial charge in [-0.25, -0.2) is 9.37 Å². The molecule has 0 saturated carbocycles. The SMILES string of the molecule is Fc1ccc(-c2nnn3c2nc(N2CCCC2)c2ccccc23)cc1. The van der Waals surface area contributed by atoms with Crippen molar-refractivity contribution in [1.82, 2.24) is 19.8 Å². The van der Waals surface area contributed by atoms with Crippen LogP contribution >= 0.6 is 0 Å². The third-order valence-electron chi connectivity index (χ3n) is 4.75. The van der Waals surface area contributed by atoms with Crippen LogP contribution in [0.3, 0.4) is 0 Å². The second-order valence-corrected chi connectivity index (χ2v) is 6.33. The lowest BCUT2D eigenvalue weighted by molar-refractivity contribution is 0.628. The number of aromatic nitrogens is 4. The van der Waals surface area contributed by atoms with Crippen molar-refractivity contribution in [3.63, 3.8) is 0 Å². The predicted octanol–water partition coefficient (Wildman–Crippen LogP) is 3.68. The number of rotatable bonds is 2. The first-order valence-corrected chi connectivity index (χ1v) is 8.46. The van der Waals surface area contributed by atoms with E-state index in [0.717, 1.165) is 35.4 Å². The van der Waals surface area contributed by atoms with E-state index < -0.39 is 0 Å². The molecule has 1 aliphatic heterocycles. The van der Waals surface area contributed by atoms with Crippen LogP contribution in [0.25, 0.3) is 27.8 Å². The van der Waals surface area contributed by atoms with E-state index in [-0.39, 0.29) is 5.82 Å². The van der Waals surface area contributed by atoms with Gasteiger partial charge in [0.15, 0.2) is 5.65 Å². The first kappa shape index (κ1) is 14.3. The van der Waals surface area contributed by atoms with Crippen LogP contribution in [0.5, 0.6) is 0 Å². The molecule has 5 nitrogen and oxygen atoms in total. The highest BCUT2D eigenvalue weighted by Crippen LogP contribution is 2.31. The van der Waals surface area contributed by atoms with E-state index in [1.54, 1.807) is 16.6 Å². The number of fused-ring (bicyclic) bond motifs is 3. The van der Waals surface area contributed by atoms with E-state index in [0.29, 0.717) is 11.3 Å². The predicted molar refractivity (Wildman–Crippen MR) is 95.1 cm³/mol. The Morgan fingerprint density at radius 3 is 2.48 bits per heavy atom. The Morgan fingerprint density at radius 2 is 1.68 bits per heavy atom. The molecule has 0 spiro atoms. The van der Waals surface area contributed by atoms with Crippen molar-refractivity contribution in [2.45, 2.75) is 12.8 Å². The molecule has 2 aromatic carbocycles. The van der Waals surface area contributed by atoms with Crippen molar-refractivity contribution >= 4 is 22.4 Å². The standard InChI is InChI=1S/C19H16FN5/c20-14-9-7-13(8-10-14)17-19-21-18(24-11-3-4-12-24)15-5-1-2-6-16(15)25(19)23-22-17/h1-2,5-10H,3-4,11-12H2. The summed E-state index contributed by atoms with van der Waals surface area (Å²) in [5.41, 5.74) is 3.17. The number of anilines is 1. The molecule has 4 aromatic rings. The number of benzene rings is 2. The molecule has 0 aliphatic carbocycles. The van der Waals surface area contributed by atoms with Crippen molar-refractivity contribution in [3.8, 4) is 11.3 Å². The van der Waals surface area contributed by atoms with Gasteiger partial charge in [-0.15, -0.1) is 5.10 Å². The molecule has 3 heterocycles. The normalized spacial score (nSPS) is 14.7. The molecular weight excluding hydrogens is 317 g/mol. The van der Waals surface area contributed by atoms with Gasteiger partial charge in [0, 0.05) is 24.0 Å². The molecule has 0 amide bonds. The largest absolute Gasteiger partial charge is 0.356 e. The van der Waals surface area contributed by atoms with Gasteiger partial charge in [0.05, 0.1) is 5.52 Å². The number of nitrogens with zero attached hydrogens (tertiary/aromatic N) is 5. The van der Waals surface area contributed by atoms with Crippen LogP contribution < -0.4 is 4.90 Å². The average molecular weight is 333 g/mol. The quantitative estimate of drug-likeness (QED) is 0.561. The molecule has 0 unspecified atom stereocenters. The van der Waals surface area contributed by atoms with E-state index in [9.17, 15) is 4.39 Å². The maximum atomic E-state index is 13.3. The maximum absolute atomic E-state index is 13.3. The maximum Gasteiger partial charge on any atom is 0.186 e. The van der Waals surface area contributed by atoms with Gasteiger partial charge in [-0.3, -0.25) is 0 Å². The van der Waals surface area contributed by atoms with Crippen molar-refractivity contribution in [2.75, 3.05) is 18.0 Å². The Morgan fingerprint density at radius 1 is 0.920 bits per heavy atom. The van der Waals surface area contributed by atoms with E-state index >= 15 is 0 Å². The molecule has 1 fully saturated rings. The fourth-order valence-electron chi connectivity index (χ4n) is 3.51. The minimum atomic E-state index is -0.267. The summed E-state index contributed by atoms with van der Waals surface area (Å²) in [6, 6.07) is 14.4. The van der Waals surface area contributed by atoms with Crippen molar-refractivity contribution < 1.29 is 4.39 Å². The van der Waals surface area contributed by atoms with Gasteiger partial charge in [0.25, 0.3) is 0 Å². The lowest BCUT2D eigenvalue weighted by Gasteiger charge is -2.19. The van der Waals surface area contributed by atoms with E-state index in [4.69, 9.17) is 4.98 Å². The topological polar surface area (TPSA) is 46.3 Å². The van der Waals surface area contributed by atoms with Gasteiger partial charge in [-0.1, -0.05) is 17.3 Å². The molecule has 0 radical (unpaired) electrons. The number of halogens is 1. The molecular formula is C19H16FN5. The fraction of sp³-hybridized carbons (Fsp3) is 0.211. The summed E-state index contributed by atoms with van der Waals surface area (Å²) in [5.74, 6) is 0.711. The molecule has 0 bridgehead atoms. The Labute approximate surface area is 143 Å². The third kappa shape index (κ3) is 2.25. The highest BCUT2D eigenvalue weighted by Gasteiger charge is 2.21. The van der Waals surface area contributed by atoms with E-state index in [1.165, 1.54) is 25.0 Å². The second-order valence-electron chi connectivity index (χ2n) is 6.33. The van der Waals surface area contributed by atoms with Crippen molar-refractivity contribution in [1.29, 1.82) is 0 Å². The zero-order valence-corrected chi connectivity index (χ0v) is 13.6. The number of hydrogen-bond acceptors (Lipinski definition) is 4. The summed E-state index contributed by atoms with van der Waals surface area (Å²) >= 11 is 0. The van der Waals surface area contributed by atoms with Crippen molar-refractivity contribution in [3.05, 3.63) is 54.3 Å². The van der Waals surface area contributed by atoms with Gasteiger partial charge in [-0.2, -0.15) is 4.52 Å². The zero-order valence-electron chi connectivity index (χ0n) is 13.6. The summed E-state index contributed by atoms with van der Waals surface area (Å²) < 4.78 is 15.0. The Bertz CT molecular complexity index is 1060. The summed E-state index contributed by atoms with van der Waals surface area (Å²) in [5, 5.41) is 9.70. The van der Waals surface area contributed by atoms with E-state index in [2.05, 4.69) is 21.3 Å². The van der Waals surface area contributed by atoms with Crippen LogP contribution in [0, 0.1) is 5.82 Å². The van der Waals surface area contributed by atoms with E-state index in [1.807, 2.05) is 18.2 Å². The van der Waals surface area contributed by atoms with Gasteiger partial charge < -0.3 is 4.90 Å². The zero-order chi connectivity index (χ0) is 16.8. The van der Waals surface area contributed by atoms with Gasteiger partial charge in [0.2, 0.25) is 0 Å². The van der Waals surface area contributed by atoms with Crippen LogP contribution in [-0.2, 0) is 0 Å². The van der Waals surface area contributed by atoms with Gasteiger partial charge in [0.1, 0.15) is 17.3 Å². The highest BCUT2D eigenvalue weighted by atomic mass is 19.1. The third-order valence-corrected chi connectivity index (χ3v) is 4.75. The summed E-state index contributed by atoms with van der Waals surface area (Å²) in [6.45, 7) is 2.03. The van der Waals surface area contributed by atoms with Crippen LogP contribution in [-0.4, -0.2) is 32.9 Å². The minimum Gasteiger partial charge on any atom is -0.356 e. The number of para-hydroxylation sites is 1. The Hall–Kier alpha value is -3.02. The molecule has 0 atom stereocenters. The smallest absolute Gasteiger partial charge is 0.186 e. The molecule has 2 aromatic heterocycles. The molecule has 1 saturated heterocycles. The monoisotopic (exact) mass is 333 g/mol. The molecule has 1 aliphatic rings. The average Bonchev–Trinajstić information content (AvgIpc) is 3.31. The van der Waals surface area contributed by atoms with Gasteiger partial charge in [-0.05, 0) is 49.2 Å². The molecule has 0 N–H and O–H groups in total. The second kappa shape index (κ2) is 5.51. The highest BCUT2D eigenvalue weighted by molar-refractivity contribution is 5.93. The molecule has 6 heteroatoms. The van der Waals surface area contributed by atoms with Crippen LogP contribution in [0.4, 0.5) is 10.2 Å². The Balaban J connectivity index is 1.80. The molecule has 25 heavy (non-hydrogen) atoms. The van der Waals surface area contributed by atoms with Crippen molar-refractivity contribution in [2.24, 2.45) is 0 Å². The van der Waals surface area contributed by atoms with Crippen LogP contribution in [0.2, 0.25) is 0 Å². The lowest BCUT2D eigenvalue weighted by Crippen LogP contribution is -2.20. The number of hydrogen-bond donors (Lipinski definition) is 0. The summed E-state index contributed by atoms with van der Waals surface area (Å²) in [4.78, 5) is 7.24. The lowest BCUT2D eigenvalue weighted by atomic mass is 10.1. The first-order valence-electron chi connectivity index (χ1n) is 8.46. The van der Waals surface area contributed by atoms with Crippen LogP contribution in [0.15, 0.2) is 48.5 Å². The summed E-state index contributed by atoms with van der Waals surface area (Å²) in [7, 11) is 0. The molecule has 124 valence electrons. The van der Waals surface area contributed by atoms with Gasteiger partial charge >= 0.3 is 0 Å². The minimum absolute atomic E-state index is 0.267.